The summed E-state index contributed by atoms with van der Waals surface area (Å²) in [5.74, 6) is -0.369. The lowest BCUT2D eigenvalue weighted by molar-refractivity contribution is -0.129. The average molecular weight is 411 g/mol. The van der Waals surface area contributed by atoms with Crippen LogP contribution in [0.25, 0.3) is 0 Å². The third-order valence-electron chi connectivity index (χ3n) is 4.82. The predicted molar refractivity (Wildman–Crippen MR) is 111 cm³/mol. The van der Waals surface area contributed by atoms with Gasteiger partial charge in [-0.25, -0.2) is 0 Å². The van der Waals surface area contributed by atoms with E-state index >= 15 is 0 Å². The Morgan fingerprint density at radius 2 is 2.00 bits per heavy atom. The summed E-state index contributed by atoms with van der Waals surface area (Å²) in [5, 5.41) is 10.6. The molecule has 1 aromatic carbocycles. The molecule has 1 aliphatic rings. The first kappa shape index (κ1) is 21.4. The van der Waals surface area contributed by atoms with E-state index in [9.17, 15) is 14.7 Å². The number of hydrogen-bond donors (Lipinski definition) is 1. The van der Waals surface area contributed by atoms with Crippen molar-refractivity contribution < 1.29 is 28.6 Å². The van der Waals surface area contributed by atoms with Crippen molar-refractivity contribution in [3.63, 3.8) is 0 Å². The fraction of sp³-hybridized carbons (Fsp3) is 0.304. The predicted octanol–water partition coefficient (Wildman–Crippen LogP) is 3.77. The molecule has 0 fully saturated rings. The summed E-state index contributed by atoms with van der Waals surface area (Å²) >= 11 is 0. The highest BCUT2D eigenvalue weighted by atomic mass is 16.5. The minimum absolute atomic E-state index is 0.00604. The zero-order valence-corrected chi connectivity index (χ0v) is 17.1. The van der Waals surface area contributed by atoms with Crippen LogP contribution in [0.4, 0.5) is 0 Å². The molecule has 30 heavy (non-hydrogen) atoms. The molecule has 2 heterocycles. The highest BCUT2D eigenvalue weighted by Gasteiger charge is 2.44. The van der Waals surface area contributed by atoms with E-state index in [0.29, 0.717) is 43.3 Å². The van der Waals surface area contributed by atoms with E-state index in [1.54, 1.807) is 56.5 Å². The van der Waals surface area contributed by atoms with Crippen molar-refractivity contribution >= 4 is 11.7 Å². The van der Waals surface area contributed by atoms with Crippen LogP contribution in [0.3, 0.4) is 0 Å². The summed E-state index contributed by atoms with van der Waals surface area (Å²) < 4.78 is 16.0. The Kier molecular flexibility index (Phi) is 6.74. The number of nitrogens with zero attached hydrogens (tertiary/aromatic N) is 1. The summed E-state index contributed by atoms with van der Waals surface area (Å²) in [6.07, 6.45) is 2.21. The summed E-state index contributed by atoms with van der Waals surface area (Å²) in [6, 6.07) is 9.53. The number of benzene rings is 1. The van der Waals surface area contributed by atoms with Gasteiger partial charge < -0.3 is 23.9 Å². The quantitative estimate of drug-likeness (QED) is 0.364. The maximum Gasteiger partial charge on any atom is 0.290 e. The van der Waals surface area contributed by atoms with Gasteiger partial charge in [0.25, 0.3) is 5.91 Å². The van der Waals surface area contributed by atoms with E-state index in [4.69, 9.17) is 13.9 Å². The van der Waals surface area contributed by atoms with Gasteiger partial charge in [0.05, 0.1) is 11.6 Å². The average Bonchev–Trinajstić information content (AvgIpc) is 3.29. The molecular formula is C23H25NO6. The van der Waals surface area contributed by atoms with Crippen LogP contribution in [0.5, 0.6) is 5.75 Å². The van der Waals surface area contributed by atoms with Gasteiger partial charge in [-0.15, -0.1) is 0 Å². The molecule has 2 aromatic rings. The topological polar surface area (TPSA) is 89.2 Å². The normalized spacial score (nSPS) is 16.3. The van der Waals surface area contributed by atoms with Crippen LogP contribution < -0.4 is 4.74 Å². The van der Waals surface area contributed by atoms with Crippen LogP contribution in [-0.4, -0.2) is 48.6 Å². The van der Waals surface area contributed by atoms with Crippen LogP contribution in [0.1, 0.15) is 34.3 Å². The molecular weight excluding hydrogens is 386 g/mol. The maximum atomic E-state index is 13.1. The molecule has 1 aromatic heterocycles. The first-order chi connectivity index (χ1) is 14.5. The van der Waals surface area contributed by atoms with Crippen molar-refractivity contribution in [1.29, 1.82) is 0 Å². The van der Waals surface area contributed by atoms with Crippen molar-refractivity contribution in [2.45, 2.75) is 19.4 Å². The summed E-state index contributed by atoms with van der Waals surface area (Å²) in [4.78, 5) is 27.4. The second-order valence-electron chi connectivity index (χ2n) is 6.92. The molecule has 0 aliphatic carbocycles. The number of hydrogen-bond acceptors (Lipinski definition) is 6. The van der Waals surface area contributed by atoms with E-state index in [-0.39, 0.29) is 11.3 Å². The van der Waals surface area contributed by atoms with Gasteiger partial charge >= 0.3 is 0 Å². The number of rotatable bonds is 10. The van der Waals surface area contributed by atoms with Gasteiger partial charge in [-0.2, -0.15) is 0 Å². The van der Waals surface area contributed by atoms with Gasteiger partial charge in [0, 0.05) is 20.3 Å². The fourth-order valence-corrected chi connectivity index (χ4v) is 3.43. The van der Waals surface area contributed by atoms with Crippen LogP contribution in [-0.2, 0) is 9.53 Å². The van der Waals surface area contributed by atoms with Crippen molar-refractivity contribution in [3.8, 4) is 5.75 Å². The van der Waals surface area contributed by atoms with Crippen molar-refractivity contribution in [3.05, 3.63) is 77.5 Å². The van der Waals surface area contributed by atoms with E-state index in [0.717, 1.165) is 0 Å². The van der Waals surface area contributed by atoms with Gasteiger partial charge in [-0.3, -0.25) is 9.59 Å². The SMILES string of the molecule is C=CCOc1ccc(C2C(C(=O)c3ccc(C)o3)=C(O)C(=O)N2CCCOC)cc1. The van der Waals surface area contributed by atoms with Crippen LogP contribution in [0.2, 0.25) is 0 Å². The number of aliphatic hydroxyl groups excluding tert-OH is 1. The van der Waals surface area contributed by atoms with E-state index < -0.39 is 23.5 Å². The molecule has 3 rings (SSSR count). The number of carbonyl (C=O) groups is 2. The van der Waals surface area contributed by atoms with E-state index in [2.05, 4.69) is 6.58 Å². The standard InChI is InChI=1S/C23H25NO6/c1-4-13-29-17-9-7-16(8-10-17)20-19(21(25)18-11-6-15(2)30-18)22(26)23(27)24(20)12-5-14-28-3/h4,6-11,20,26H,1,5,12-14H2,2-3H3. The summed E-state index contributed by atoms with van der Waals surface area (Å²) in [6.45, 7) is 6.48. The second kappa shape index (κ2) is 9.45. The molecule has 0 saturated carbocycles. The fourth-order valence-electron chi connectivity index (χ4n) is 3.43. The highest BCUT2D eigenvalue weighted by molar-refractivity contribution is 6.15. The smallest absolute Gasteiger partial charge is 0.290 e. The highest BCUT2D eigenvalue weighted by Crippen LogP contribution is 2.39. The Morgan fingerprint density at radius 1 is 1.27 bits per heavy atom. The molecule has 0 radical (unpaired) electrons. The number of aryl methyl sites for hydroxylation is 1. The number of furan rings is 1. The molecule has 1 N–H and O–H groups in total. The largest absolute Gasteiger partial charge is 0.503 e. The number of Topliss-reactive ketones (excluding diaryl/α,β-unsaturated/α-hetero) is 1. The molecule has 7 nitrogen and oxygen atoms in total. The third kappa shape index (κ3) is 4.31. The molecule has 1 aliphatic heterocycles. The zero-order valence-electron chi connectivity index (χ0n) is 17.1. The van der Waals surface area contributed by atoms with Gasteiger partial charge in [0.15, 0.2) is 11.5 Å². The molecule has 1 unspecified atom stereocenters. The molecule has 1 atom stereocenters. The van der Waals surface area contributed by atoms with Crippen molar-refractivity contribution in [2.75, 3.05) is 26.9 Å². The lowest BCUT2D eigenvalue weighted by Crippen LogP contribution is -2.32. The Labute approximate surface area is 175 Å². The number of ether oxygens (including phenoxy) is 2. The Balaban J connectivity index is 1.98. The Bertz CT molecular complexity index is 956. The van der Waals surface area contributed by atoms with Gasteiger partial charge in [0.1, 0.15) is 18.1 Å². The zero-order chi connectivity index (χ0) is 21.7. The first-order valence-electron chi connectivity index (χ1n) is 9.65. The number of carbonyl (C=O) groups excluding carboxylic acids is 2. The van der Waals surface area contributed by atoms with E-state index in [1.807, 2.05) is 0 Å². The lowest BCUT2D eigenvalue weighted by Gasteiger charge is -2.26. The first-order valence-corrected chi connectivity index (χ1v) is 9.65. The minimum atomic E-state index is -0.735. The monoisotopic (exact) mass is 411 g/mol. The molecule has 0 bridgehead atoms. The summed E-state index contributed by atoms with van der Waals surface area (Å²) in [7, 11) is 1.58. The van der Waals surface area contributed by atoms with E-state index in [1.165, 1.54) is 4.90 Å². The number of aliphatic hydroxyl groups is 1. The van der Waals surface area contributed by atoms with Crippen molar-refractivity contribution in [1.82, 2.24) is 4.90 Å². The number of methoxy groups -OCH3 is 1. The minimum Gasteiger partial charge on any atom is -0.503 e. The maximum absolute atomic E-state index is 13.1. The molecule has 7 heteroatoms. The number of amides is 1. The van der Waals surface area contributed by atoms with Crippen LogP contribution in [0.15, 0.2) is 64.8 Å². The van der Waals surface area contributed by atoms with Crippen LogP contribution >= 0.6 is 0 Å². The Hall–Kier alpha value is -3.32. The second-order valence-corrected chi connectivity index (χ2v) is 6.92. The Morgan fingerprint density at radius 3 is 2.60 bits per heavy atom. The molecule has 158 valence electrons. The van der Waals surface area contributed by atoms with Gasteiger partial charge in [0.2, 0.25) is 5.78 Å². The molecule has 1 amide bonds. The number of ketones is 1. The van der Waals surface area contributed by atoms with Gasteiger partial charge in [-0.1, -0.05) is 24.8 Å². The molecule has 0 saturated heterocycles. The summed E-state index contributed by atoms with van der Waals surface area (Å²) in [5.41, 5.74) is 0.689. The lowest BCUT2D eigenvalue weighted by atomic mass is 9.95. The van der Waals surface area contributed by atoms with Crippen molar-refractivity contribution in [2.24, 2.45) is 0 Å². The van der Waals surface area contributed by atoms with Gasteiger partial charge in [-0.05, 0) is 43.2 Å². The van der Waals surface area contributed by atoms with Crippen LogP contribution in [0, 0.1) is 6.92 Å². The molecule has 0 spiro atoms. The third-order valence-corrected chi connectivity index (χ3v) is 4.82.